The Kier molecular flexibility index (Phi) is 5.69. The molecule has 0 aromatic heterocycles. The Hall–Kier alpha value is -1.00. The molecule has 1 amide bonds. The first kappa shape index (κ1) is 15.1. The fraction of sp³-hybridized carbons (Fsp3) is 0.500. The Bertz CT molecular complexity index is 403. The lowest BCUT2D eigenvalue weighted by Crippen LogP contribution is -2.42. The van der Waals surface area contributed by atoms with Crippen LogP contribution in [0.15, 0.2) is 29.2 Å². The molecule has 0 heterocycles. The number of carbonyl (C=O) groups excluding carboxylic acids is 1. The number of thioether (sulfide) groups is 1. The summed E-state index contributed by atoms with van der Waals surface area (Å²) >= 11 is 1.55. The highest BCUT2D eigenvalue weighted by atomic mass is 32.2. The highest BCUT2D eigenvalue weighted by Gasteiger charge is 2.23. The largest absolute Gasteiger partial charge is 0.388 e. The molecule has 0 atom stereocenters. The maximum absolute atomic E-state index is 12.1. The lowest BCUT2D eigenvalue weighted by molar-refractivity contribution is 0.0313. The van der Waals surface area contributed by atoms with E-state index in [0.29, 0.717) is 24.9 Å². The van der Waals surface area contributed by atoms with E-state index in [1.807, 2.05) is 38.3 Å². The molecular formula is C14H21NO2S. The SMILES string of the molecule is CCC(O)(CC)CNC(=O)c1ccccc1SC. The average molecular weight is 267 g/mol. The summed E-state index contributed by atoms with van der Waals surface area (Å²) in [4.78, 5) is 13.0. The van der Waals surface area contributed by atoms with Gasteiger partial charge in [-0.2, -0.15) is 0 Å². The van der Waals surface area contributed by atoms with Gasteiger partial charge in [-0.15, -0.1) is 11.8 Å². The van der Waals surface area contributed by atoms with Crippen LogP contribution in [0.1, 0.15) is 37.0 Å². The zero-order chi connectivity index (χ0) is 13.6. The van der Waals surface area contributed by atoms with Crippen molar-refractivity contribution >= 4 is 17.7 Å². The molecule has 0 bridgehead atoms. The van der Waals surface area contributed by atoms with Gasteiger partial charge in [0.1, 0.15) is 0 Å². The van der Waals surface area contributed by atoms with Crippen molar-refractivity contribution in [2.75, 3.05) is 12.8 Å². The summed E-state index contributed by atoms with van der Waals surface area (Å²) in [5.41, 5.74) is -0.135. The molecule has 0 aliphatic rings. The Labute approximate surface area is 113 Å². The van der Waals surface area contributed by atoms with E-state index in [-0.39, 0.29) is 5.91 Å². The smallest absolute Gasteiger partial charge is 0.252 e. The summed E-state index contributed by atoms with van der Waals surface area (Å²) in [7, 11) is 0. The van der Waals surface area contributed by atoms with Crippen molar-refractivity contribution < 1.29 is 9.90 Å². The molecular weight excluding hydrogens is 246 g/mol. The molecule has 1 rings (SSSR count). The molecule has 0 aliphatic heterocycles. The number of hydrogen-bond acceptors (Lipinski definition) is 3. The van der Waals surface area contributed by atoms with Gasteiger partial charge in [-0.25, -0.2) is 0 Å². The van der Waals surface area contributed by atoms with Crippen LogP contribution in [0.25, 0.3) is 0 Å². The van der Waals surface area contributed by atoms with Crippen molar-refractivity contribution in [1.29, 1.82) is 0 Å². The van der Waals surface area contributed by atoms with Crippen molar-refractivity contribution in [3.63, 3.8) is 0 Å². The maximum atomic E-state index is 12.1. The number of benzene rings is 1. The molecule has 0 spiro atoms. The summed E-state index contributed by atoms with van der Waals surface area (Å²) in [6.07, 6.45) is 3.21. The van der Waals surface area contributed by atoms with Gasteiger partial charge in [-0.1, -0.05) is 26.0 Å². The fourth-order valence-corrected chi connectivity index (χ4v) is 2.27. The van der Waals surface area contributed by atoms with Gasteiger partial charge in [0.05, 0.1) is 11.2 Å². The Morgan fingerprint density at radius 3 is 2.50 bits per heavy atom. The maximum Gasteiger partial charge on any atom is 0.252 e. The van der Waals surface area contributed by atoms with Gasteiger partial charge in [-0.3, -0.25) is 4.79 Å². The summed E-state index contributed by atoms with van der Waals surface area (Å²) in [6.45, 7) is 4.14. The molecule has 0 saturated heterocycles. The highest BCUT2D eigenvalue weighted by Crippen LogP contribution is 2.20. The van der Waals surface area contributed by atoms with Crippen molar-refractivity contribution in [3.8, 4) is 0 Å². The molecule has 0 fully saturated rings. The molecule has 2 N–H and O–H groups in total. The molecule has 3 nitrogen and oxygen atoms in total. The zero-order valence-electron chi connectivity index (χ0n) is 11.2. The van der Waals surface area contributed by atoms with Crippen molar-refractivity contribution in [2.45, 2.75) is 37.2 Å². The molecule has 4 heteroatoms. The van der Waals surface area contributed by atoms with E-state index < -0.39 is 5.60 Å². The molecule has 18 heavy (non-hydrogen) atoms. The van der Waals surface area contributed by atoms with Gasteiger partial charge in [0, 0.05) is 11.4 Å². The number of amides is 1. The normalized spacial score (nSPS) is 11.3. The Morgan fingerprint density at radius 2 is 1.94 bits per heavy atom. The van der Waals surface area contributed by atoms with Crippen LogP contribution in [-0.4, -0.2) is 29.4 Å². The first-order chi connectivity index (χ1) is 8.56. The van der Waals surface area contributed by atoms with E-state index in [4.69, 9.17) is 0 Å². The number of aliphatic hydroxyl groups is 1. The number of carbonyl (C=O) groups is 1. The molecule has 0 aliphatic carbocycles. The summed E-state index contributed by atoms with van der Waals surface area (Å²) in [6, 6.07) is 7.49. The van der Waals surface area contributed by atoms with Gasteiger partial charge >= 0.3 is 0 Å². The zero-order valence-corrected chi connectivity index (χ0v) is 12.0. The van der Waals surface area contributed by atoms with Gasteiger partial charge in [0.15, 0.2) is 0 Å². The van der Waals surface area contributed by atoms with Crippen molar-refractivity contribution in [1.82, 2.24) is 5.32 Å². The van der Waals surface area contributed by atoms with E-state index in [2.05, 4.69) is 5.32 Å². The molecule has 100 valence electrons. The topological polar surface area (TPSA) is 49.3 Å². The Morgan fingerprint density at radius 1 is 1.33 bits per heavy atom. The lowest BCUT2D eigenvalue weighted by atomic mass is 9.97. The predicted octanol–water partition coefficient (Wildman–Crippen LogP) is 2.69. The highest BCUT2D eigenvalue weighted by molar-refractivity contribution is 7.98. The first-order valence-corrected chi connectivity index (χ1v) is 7.42. The molecule has 1 aromatic carbocycles. The van der Waals surface area contributed by atoms with Crippen LogP contribution in [0.4, 0.5) is 0 Å². The molecule has 0 unspecified atom stereocenters. The van der Waals surface area contributed by atoms with Gasteiger partial charge in [0.2, 0.25) is 0 Å². The van der Waals surface area contributed by atoms with Crippen LogP contribution >= 0.6 is 11.8 Å². The van der Waals surface area contributed by atoms with E-state index >= 15 is 0 Å². The number of nitrogens with one attached hydrogen (secondary N) is 1. The van der Waals surface area contributed by atoms with E-state index in [0.717, 1.165) is 4.90 Å². The minimum atomic E-state index is -0.802. The van der Waals surface area contributed by atoms with E-state index in [1.165, 1.54) is 0 Å². The third-order valence-electron chi connectivity index (χ3n) is 3.25. The van der Waals surface area contributed by atoms with Crippen molar-refractivity contribution in [3.05, 3.63) is 29.8 Å². The van der Waals surface area contributed by atoms with Crippen LogP contribution < -0.4 is 5.32 Å². The van der Waals surface area contributed by atoms with Crippen molar-refractivity contribution in [2.24, 2.45) is 0 Å². The predicted molar refractivity (Wildman–Crippen MR) is 76.1 cm³/mol. The van der Waals surface area contributed by atoms with E-state index in [9.17, 15) is 9.90 Å². The second-order valence-corrected chi connectivity index (χ2v) is 5.16. The number of hydrogen-bond donors (Lipinski definition) is 2. The van der Waals surface area contributed by atoms with Gasteiger partial charge in [-0.05, 0) is 31.2 Å². The Balaban J connectivity index is 2.71. The first-order valence-electron chi connectivity index (χ1n) is 6.20. The van der Waals surface area contributed by atoms with Crippen LogP contribution in [0.5, 0.6) is 0 Å². The molecule has 1 aromatic rings. The van der Waals surface area contributed by atoms with Crippen LogP contribution in [0.2, 0.25) is 0 Å². The van der Waals surface area contributed by atoms with E-state index in [1.54, 1.807) is 17.8 Å². The average Bonchev–Trinajstić information content (AvgIpc) is 2.44. The standard InChI is InChI=1S/C14H21NO2S/c1-4-14(17,5-2)10-15-13(16)11-8-6-7-9-12(11)18-3/h6-9,17H,4-5,10H2,1-3H3,(H,15,16). The van der Waals surface area contributed by atoms with Crippen LogP contribution in [-0.2, 0) is 0 Å². The molecule has 0 radical (unpaired) electrons. The fourth-order valence-electron chi connectivity index (χ4n) is 1.67. The van der Waals surface area contributed by atoms with Gasteiger partial charge in [0.25, 0.3) is 5.91 Å². The monoisotopic (exact) mass is 267 g/mol. The second kappa shape index (κ2) is 6.81. The lowest BCUT2D eigenvalue weighted by Gasteiger charge is -2.25. The summed E-state index contributed by atoms with van der Waals surface area (Å²) < 4.78 is 0. The van der Waals surface area contributed by atoms with Crippen LogP contribution in [0.3, 0.4) is 0 Å². The minimum Gasteiger partial charge on any atom is -0.388 e. The molecule has 0 saturated carbocycles. The van der Waals surface area contributed by atoms with Crippen LogP contribution in [0, 0.1) is 0 Å². The third kappa shape index (κ3) is 3.75. The van der Waals surface area contributed by atoms with Gasteiger partial charge < -0.3 is 10.4 Å². The summed E-state index contributed by atoms with van der Waals surface area (Å²) in [5.74, 6) is -0.125. The summed E-state index contributed by atoms with van der Waals surface area (Å²) in [5, 5.41) is 12.9. The minimum absolute atomic E-state index is 0.125. The number of rotatable bonds is 6. The second-order valence-electron chi connectivity index (χ2n) is 4.31. The quantitative estimate of drug-likeness (QED) is 0.779. The third-order valence-corrected chi connectivity index (χ3v) is 4.04.